The summed E-state index contributed by atoms with van der Waals surface area (Å²) in [6, 6.07) is 2.86. The molecule has 1 unspecified atom stereocenters. The van der Waals surface area contributed by atoms with Gasteiger partial charge < -0.3 is 9.84 Å². The first-order chi connectivity index (χ1) is 11.2. The van der Waals surface area contributed by atoms with Crippen LogP contribution in [-0.2, 0) is 11.0 Å². The van der Waals surface area contributed by atoms with Crippen molar-refractivity contribution in [1.29, 1.82) is 0 Å². The Morgan fingerprint density at radius 3 is 2.71 bits per heavy atom. The molecule has 0 aliphatic heterocycles. The molecule has 128 valence electrons. The molecule has 1 N–H and O–H groups in total. The number of rotatable bonds is 4. The van der Waals surface area contributed by atoms with Crippen molar-refractivity contribution >= 4 is 23.6 Å². The summed E-state index contributed by atoms with van der Waals surface area (Å²) < 4.78 is 43.3. The second kappa shape index (κ2) is 7.04. The van der Waals surface area contributed by atoms with Gasteiger partial charge in [-0.25, -0.2) is 0 Å². The number of halogens is 4. The maximum Gasteiger partial charge on any atom is 0.417 e. The molecule has 2 rings (SSSR count). The van der Waals surface area contributed by atoms with Gasteiger partial charge in [-0.15, -0.1) is 0 Å². The van der Waals surface area contributed by atoms with Crippen LogP contribution >= 0.6 is 11.6 Å². The van der Waals surface area contributed by atoms with Crippen molar-refractivity contribution in [2.45, 2.75) is 26.1 Å². The van der Waals surface area contributed by atoms with Gasteiger partial charge >= 0.3 is 6.18 Å². The zero-order valence-electron chi connectivity index (χ0n) is 12.7. The van der Waals surface area contributed by atoms with E-state index in [0.29, 0.717) is 5.82 Å². The number of nitrogens with one attached hydrogen (secondary N) is 1. The topological polar surface area (TPSA) is 68.0 Å². The van der Waals surface area contributed by atoms with Crippen molar-refractivity contribution in [3.05, 3.63) is 52.1 Å². The van der Waals surface area contributed by atoms with E-state index in [-0.39, 0.29) is 11.5 Å². The highest BCUT2D eigenvalue weighted by Crippen LogP contribution is 2.35. The lowest BCUT2D eigenvalue weighted by atomic mass is 10.1. The Morgan fingerprint density at radius 2 is 2.12 bits per heavy atom. The molecule has 5 nitrogen and oxygen atoms in total. The molecule has 1 amide bonds. The molecule has 0 fully saturated rings. The average molecular weight is 360 g/mol. The van der Waals surface area contributed by atoms with Gasteiger partial charge in [-0.05, 0) is 37.6 Å². The molecule has 0 aliphatic rings. The summed E-state index contributed by atoms with van der Waals surface area (Å²) in [5.74, 6) is 0.157. The summed E-state index contributed by atoms with van der Waals surface area (Å²) in [5, 5.41) is 5.77. The third-order valence-corrected chi connectivity index (χ3v) is 3.33. The molecule has 0 bridgehead atoms. The maximum atomic E-state index is 12.8. The molecule has 1 heterocycles. The van der Waals surface area contributed by atoms with Crippen molar-refractivity contribution in [3.63, 3.8) is 0 Å². The Hall–Kier alpha value is -2.35. The van der Waals surface area contributed by atoms with Crippen LogP contribution in [0.1, 0.15) is 35.8 Å². The number of benzene rings is 1. The standard InChI is InChI=1S/C15H13ClF3N3O2/c1-8(14-21-9(2)22-24-14)20-13(23)6-4-10-3-5-12(16)11(7-10)15(17,18)19/h3-8H,1-2H3,(H,20,23)/b6-4+. The third-order valence-electron chi connectivity index (χ3n) is 3.00. The van der Waals surface area contributed by atoms with Gasteiger partial charge in [0.15, 0.2) is 5.82 Å². The zero-order valence-corrected chi connectivity index (χ0v) is 13.4. The maximum absolute atomic E-state index is 12.8. The van der Waals surface area contributed by atoms with Crippen LogP contribution in [0.25, 0.3) is 6.08 Å². The van der Waals surface area contributed by atoms with Gasteiger partial charge in [0.25, 0.3) is 0 Å². The monoisotopic (exact) mass is 359 g/mol. The molecule has 1 atom stereocenters. The molecule has 0 spiro atoms. The van der Waals surface area contributed by atoms with Crippen LogP contribution in [0.2, 0.25) is 5.02 Å². The average Bonchev–Trinajstić information content (AvgIpc) is 2.92. The molecular weight excluding hydrogens is 347 g/mol. The van der Waals surface area contributed by atoms with Crippen LogP contribution in [0.3, 0.4) is 0 Å². The summed E-state index contributed by atoms with van der Waals surface area (Å²) in [6.45, 7) is 3.28. The Labute approximate surface area is 140 Å². The minimum Gasteiger partial charge on any atom is -0.341 e. The zero-order chi connectivity index (χ0) is 17.9. The Kier molecular flexibility index (Phi) is 5.28. The smallest absolute Gasteiger partial charge is 0.341 e. The SMILES string of the molecule is Cc1noc(C(C)NC(=O)/C=C/c2ccc(Cl)c(C(F)(F)F)c2)n1. The Balaban J connectivity index is 2.06. The van der Waals surface area contributed by atoms with Gasteiger partial charge in [0.2, 0.25) is 11.8 Å². The van der Waals surface area contributed by atoms with Crippen molar-refractivity contribution in [2.24, 2.45) is 0 Å². The summed E-state index contributed by atoms with van der Waals surface area (Å²) in [6.07, 6.45) is -2.19. The highest BCUT2D eigenvalue weighted by atomic mass is 35.5. The van der Waals surface area contributed by atoms with Crippen molar-refractivity contribution < 1.29 is 22.5 Å². The first kappa shape index (κ1) is 18.0. The number of amides is 1. The number of hydrogen-bond acceptors (Lipinski definition) is 4. The van der Waals surface area contributed by atoms with Gasteiger partial charge in [-0.2, -0.15) is 18.2 Å². The van der Waals surface area contributed by atoms with E-state index in [2.05, 4.69) is 15.5 Å². The molecule has 1 aromatic carbocycles. The van der Waals surface area contributed by atoms with E-state index in [4.69, 9.17) is 16.1 Å². The molecule has 0 aliphatic carbocycles. The lowest BCUT2D eigenvalue weighted by Gasteiger charge is -2.09. The molecule has 0 radical (unpaired) electrons. The van der Waals surface area contributed by atoms with Crippen LogP contribution in [0.15, 0.2) is 28.8 Å². The Bertz CT molecular complexity index is 772. The van der Waals surface area contributed by atoms with Gasteiger partial charge in [0.1, 0.15) is 6.04 Å². The van der Waals surface area contributed by atoms with Crippen LogP contribution < -0.4 is 5.32 Å². The quantitative estimate of drug-likeness (QED) is 0.839. The van der Waals surface area contributed by atoms with Gasteiger partial charge in [0.05, 0.1) is 10.6 Å². The fraction of sp³-hybridized carbons (Fsp3) is 0.267. The number of aromatic nitrogens is 2. The minimum absolute atomic E-state index is 0.197. The largest absolute Gasteiger partial charge is 0.417 e. The van der Waals surface area contributed by atoms with E-state index < -0.39 is 28.7 Å². The third kappa shape index (κ3) is 4.58. The summed E-state index contributed by atoms with van der Waals surface area (Å²) >= 11 is 5.54. The molecule has 0 saturated carbocycles. The second-order valence-corrected chi connectivity index (χ2v) is 5.39. The van der Waals surface area contributed by atoms with Crippen LogP contribution in [0.5, 0.6) is 0 Å². The van der Waals surface area contributed by atoms with Gasteiger partial charge in [-0.1, -0.05) is 22.8 Å². The number of alkyl halides is 3. The predicted octanol–water partition coefficient (Wildman–Crippen LogP) is 3.94. The number of aryl methyl sites for hydroxylation is 1. The number of nitrogens with zero attached hydrogens (tertiary/aromatic N) is 2. The predicted molar refractivity (Wildman–Crippen MR) is 81.1 cm³/mol. The first-order valence-electron chi connectivity index (χ1n) is 6.82. The van der Waals surface area contributed by atoms with E-state index in [1.807, 2.05) is 0 Å². The normalized spacial score (nSPS) is 13.2. The molecule has 1 aromatic heterocycles. The summed E-state index contributed by atoms with van der Waals surface area (Å²) in [4.78, 5) is 15.8. The van der Waals surface area contributed by atoms with Gasteiger partial charge in [0, 0.05) is 6.08 Å². The lowest BCUT2D eigenvalue weighted by molar-refractivity contribution is -0.137. The molecule has 0 saturated heterocycles. The number of hydrogen-bond donors (Lipinski definition) is 1. The van der Waals surface area contributed by atoms with Crippen molar-refractivity contribution in [1.82, 2.24) is 15.5 Å². The first-order valence-corrected chi connectivity index (χ1v) is 7.20. The number of carbonyl (C=O) groups excluding carboxylic acids is 1. The van der Waals surface area contributed by atoms with Crippen LogP contribution in [-0.4, -0.2) is 16.0 Å². The summed E-state index contributed by atoms with van der Waals surface area (Å²) in [5.41, 5.74) is -0.760. The minimum atomic E-state index is -4.56. The van der Waals surface area contributed by atoms with Gasteiger partial charge in [-0.3, -0.25) is 4.79 Å². The van der Waals surface area contributed by atoms with Crippen LogP contribution in [0.4, 0.5) is 13.2 Å². The number of carbonyl (C=O) groups is 1. The van der Waals surface area contributed by atoms with Crippen molar-refractivity contribution in [2.75, 3.05) is 0 Å². The highest BCUT2D eigenvalue weighted by molar-refractivity contribution is 6.31. The fourth-order valence-electron chi connectivity index (χ4n) is 1.85. The lowest BCUT2D eigenvalue weighted by Crippen LogP contribution is -2.24. The van der Waals surface area contributed by atoms with E-state index in [9.17, 15) is 18.0 Å². The highest BCUT2D eigenvalue weighted by Gasteiger charge is 2.33. The fourth-order valence-corrected chi connectivity index (χ4v) is 2.07. The van der Waals surface area contributed by atoms with E-state index >= 15 is 0 Å². The summed E-state index contributed by atoms with van der Waals surface area (Å²) in [7, 11) is 0. The van der Waals surface area contributed by atoms with E-state index in [1.165, 1.54) is 12.1 Å². The molecule has 2 aromatic rings. The Morgan fingerprint density at radius 1 is 1.42 bits per heavy atom. The van der Waals surface area contributed by atoms with Crippen molar-refractivity contribution in [3.8, 4) is 0 Å². The molecule has 9 heteroatoms. The molecule has 24 heavy (non-hydrogen) atoms. The molecular formula is C15H13ClF3N3O2. The van der Waals surface area contributed by atoms with E-state index in [0.717, 1.165) is 18.2 Å². The van der Waals surface area contributed by atoms with E-state index in [1.54, 1.807) is 13.8 Å². The van der Waals surface area contributed by atoms with Crippen LogP contribution in [0, 0.1) is 6.92 Å². The second-order valence-electron chi connectivity index (χ2n) is 4.98.